The van der Waals surface area contributed by atoms with Crippen LogP contribution in [0.4, 0.5) is 0 Å². The predicted octanol–water partition coefficient (Wildman–Crippen LogP) is 1.97. The van der Waals surface area contributed by atoms with Crippen molar-refractivity contribution in [2.45, 2.75) is 6.92 Å². The lowest BCUT2D eigenvalue weighted by atomic mass is 10.0. The Bertz CT molecular complexity index is 752. The van der Waals surface area contributed by atoms with Crippen molar-refractivity contribution in [1.29, 1.82) is 5.26 Å². The highest BCUT2D eigenvalue weighted by molar-refractivity contribution is 5.77. The second-order valence-corrected chi connectivity index (χ2v) is 3.97. The van der Waals surface area contributed by atoms with Crippen LogP contribution in [0, 0.1) is 18.3 Å². The maximum Gasteiger partial charge on any atom is 0.197 e. The van der Waals surface area contributed by atoms with Gasteiger partial charge in [0.1, 0.15) is 11.6 Å². The zero-order valence-electron chi connectivity index (χ0n) is 9.70. The minimum atomic E-state index is 0.497. The Morgan fingerprint density at radius 3 is 2.72 bits per heavy atom. The predicted molar refractivity (Wildman–Crippen MR) is 65.7 cm³/mol. The molecule has 5 nitrogen and oxygen atoms in total. The van der Waals surface area contributed by atoms with Gasteiger partial charge in [-0.15, -0.1) is 5.10 Å². The molecular formula is C13H9N5. The second kappa shape index (κ2) is 3.93. The van der Waals surface area contributed by atoms with Gasteiger partial charge in [-0.3, -0.25) is 0 Å². The number of aryl methyl sites for hydroxylation is 1. The molecule has 0 fully saturated rings. The number of tetrazole rings is 1. The van der Waals surface area contributed by atoms with Gasteiger partial charge >= 0.3 is 0 Å². The van der Waals surface area contributed by atoms with Crippen molar-refractivity contribution in [2.75, 3.05) is 0 Å². The summed E-state index contributed by atoms with van der Waals surface area (Å²) in [6.07, 6.45) is 0. The van der Waals surface area contributed by atoms with Crippen molar-refractivity contribution in [3.8, 4) is 17.2 Å². The highest BCUT2D eigenvalue weighted by Crippen LogP contribution is 2.26. The van der Waals surface area contributed by atoms with Gasteiger partial charge in [-0.1, -0.05) is 30.3 Å². The SMILES string of the molecule is Cc1cc(-c2ccccc2)c(C#N)c2nnnn12. The molecule has 3 aromatic rings. The van der Waals surface area contributed by atoms with Gasteiger partial charge in [-0.2, -0.15) is 9.78 Å². The third-order valence-corrected chi connectivity index (χ3v) is 2.85. The van der Waals surface area contributed by atoms with Crippen molar-refractivity contribution in [1.82, 2.24) is 20.0 Å². The minimum absolute atomic E-state index is 0.497. The lowest BCUT2D eigenvalue weighted by molar-refractivity contribution is 0.803. The normalized spacial score (nSPS) is 10.4. The first-order valence-electron chi connectivity index (χ1n) is 5.48. The summed E-state index contributed by atoms with van der Waals surface area (Å²) in [6.45, 7) is 1.91. The summed E-state index contributed by atoms with van der Waals surface area (Å²) in [5, 5.41) is 20.7. The zero-order valence-corrected chi connectivity index (χ0v) is 9.70. The quantitative estimate of drug-likeness (QED) is 0.646. The van der Waals surface area contributed by atoms with Crippen molar-refractivity contribution in [3.05, 3.63) is 47.7 Å². The number of nitrogens with zero attached hydrogens (tertiary/aromatic N) is 5. The first kappa shape index (κ1) is 10.4. The van der Waals surface area contributed by atoms with Crippen LogP contribution in [0.1, 0.15) is 11.3 Å². The molecule has 86 valence electrons. The maximum atomic E-state index is 9.33. The summed E-state index contributed by atoms with van der Waals surface area (Å²) in [5.74, 6) is 0. The summed E-state index contributed by atoms with van der Waals surface area (Å²) in [7, 11) is 0. The molecule has 0 radical (unpaired) electrons. The fraction of sp³-hybridized carbons (Fsp3) is 0.0769. The Hall–Kier alpha value is -2.74. The monoisotopic (exact) mass is 235 g/mol. The number of hydrogen-bond acceptors (Lipinski definition) is 4. The van der Waals surface area contributed by atoms with Crippen molar-refractivity contribution < 1.29 is 0 Å². The van der Waals surface area contributed by atoms with E-state index in [0.717, 1.165) is 16.8 Å². The molecule has 0 atom stereocenters. The fourth-order valence-corrected chi connectivity index (χ4v) is 2.00. The molecule has 2 heterocycles. The third kappa shape index (κ3) is 1.44. The van der Waals surface area contributed by atoms with E-state index in [1.54, 1.807) is 4.52 Å². The molecule has 0 saturated carbocycles. The minimum Gasteiger partial charge on any atom is -0.196 e. The Kier molecular flexibility index (Phi) is 2.27. The van der Waals surface area contributed by atoms with Crippen LogP contribution < -0.4 is 0 Å². The van der Waals surface area contributed by atoms with Crippen LogP contribution in [0.25, 0.3) is 16.8 Å². The van der Waals surface area contributed by atoms with Gasteiger partial charge in [0.05, 0.1) is 0 Å². The number of rotatable bonds is 1. The van der Waals surface area contributed by atoms with E-state index >= 15 is 0 Å². The molecule has 5 heteroatoms. The van der Waals surface area contributed by atoms with Gasteiger partial charge in [0.2, 0.25) is 0 Å². The van der Waals surface area contributed by atoms with E-state index in [1.165, 1.54) is 0 Å². The van der Waals surface area contributed by atoms with Gasteiger partial charge in [-0.05, 0) is 29.0 Å². The average molecular weight is 235 g/mol. The van der Waals surface area contributed by atoms with Crippen LogP contribution in [0.15, 0.2) is 36.4 Å². The van der Waals surface area contributed by atoms with Crippen molar-refractivity contribution in [2.24, 2.45) is 0 Å². The van der Waals surface area contributed by atoms with Crippen LogP contribution in [0.5, 0.6) is 0 Å². The van der Waals surface area contributed by atoms with Crippen molar-refractivity contribution in [3.63, 3.8) is 0 Å². The summed E-state index contributed by atoms with van der Waals surface area (Å²) in [5.41, 5.74) is 3.74. The summed E-state index contributed by atoms with van der Waals surface area (Å²) >= 11 is 0. The van der Waals surface area contributed by atoms with Crippen molar-refractivity contribution >= 4 is 5.65 Å². The lowest BCUT2D eigenvalue weighted by Crippen LogP contribution is -1.98. The molecule has 0 saturated heterocycles. The molecule has 18 heavy (non-hydrogen) atoms. The van der Waals surface area contributed by atoms with E-state index < -0.39 is 0 Å². The topological polar surface area (TPSA) is 66.9 Å². The van der Waals surface area contributed by atoms with E-state index in [0.29, 0.717) is 11.2 Å². The van der Waals surface area contributed by atoms with Gasteiger partial charge in [0.15, 0.2) is 5.65 Å². The van der Waals surface area contributed by atoms with Gasteiger partial charge < -0.3 is 0 Å². The summed E-state index contributed by atoms with van der Waals surface area (Å²) < 4.78 is 1.57. The van der Waals surface area contributed by atoms with Crippen LogP contribution in [0.2, 0.25) is 0 Å². The smallest absolute Gasteiger partial charge is 0.196 e. The molecule has 0 aliphatic rings. The van der Waals surface area contributed by atoms with E-state index in [1.807, 2.05) is 43.3 Å². The van der Waals surface area contributed by atoms with Crippen LogP contribution >= 0.6 is 0 Å². The molecule has 0 bridgehead atoms. The molecule has 0 N–H and O–H groups in total. The van der Waals surface area contributed by atoms with Gasteiger partial charge in [0, 0.05) is 11.3 Å². The molecule has 0 spiro atoms. The van der Waals surface area contributed by atoms with E-state index in [2.05, 4.69) is 21.6 Å². The first-order chi connectivity index (χ1) is 8.81. The number of aromatic nitrogens is 4. The maximum absolute atomic E-state index is 9.33. The standard InChI is InChI=1S/C13H9N5/c1-9-7-11(10-5-3-2-4-6-10)12(8-14)13-15-16-17-18(9)13/h2-7H,1H3. The molecule has 0 unspecified atom stereocenters. The van der Waals surface area contributed by atoms with Gasteiger partial charge in [-0.25, -0.2) is 0 Å². The van der Waals surface area contributed by atoms with Gasteiger partial charge in [0.25, 0.3) is 0 Å². The number of fused-ring (bicyclic) bond motifs is 1. The molecule has 0 aliphatic carbocycles. The van der Waals surface area contributed by atoms with Crippen LogP contribution in [-0.4, -0.2) is 20.0 Å². The zero-order chi connectivity index (χ0) is 12.5. The fourth-order valence-electron chi connectivity index (χ4n) is 2.00. The molecule has 1 aromatic carbocycles. The number of hydrogen-bond donors (Lipinski definition) is 0. The van der Waals surface area contributed by atoms with E-state index in [4.69, 9.17) is 0 Å². The average Bonchev–Trinajstić information content (AvgIpc) is 2.89. The number of benzene rings is 1. The Morgan fingerprint density at radius 1 is 1.22 bits per heavy atom. The third-order valence-electron chi connectivity index (χ3n) is 2.85. The van der Waals surface area contributed by atoms with E-state index in [9.17, 15) is 5.26 Å². The Balaban J connectivity index is 2.40. The molecule has 2 aromatic heterocycles. The lowest BCUT2D eigenvalue weighted by Gasteiger charge is -2.06. The summed E-state index contributed by atoms with van der Waals surface area (Å²) in [4.78, 5) is 0. The second-order valence-electron chi connectivity index (χ2n) is 3.97. The largest absolute Gasteiger partial charge is 0.197 e. The number of pyridine rings is 1. The first-order valence-corrected chi connectivity index (χ1v) is 5.48. The summed E-state index contributed by atoms with van der Waals surface area (Å²) in [6, 6.07) is 13.9. The molecule has 0 amide bonds. The Morgan fingerprint density at radius 2 is 2.00 bits per heavy atom. The highest BCUT2D eigenvalue weighted by atomic mass is 15.5. The van der Waals surface area contributed by atoms with Crippen LogP contribution in [0.3, 0.4) is 0 Å². The molecular weight excluding hydrogens is 226 g/mol. The Labute approximate surface area is 103 Å². The van der Waals surface area contributed by atoms with E-state index in [-0.39, 0.29) is 0 Å². The van der Waals surface area contributed by atoms with Crippen LogP contribution in [-0.2, 0) is 0 Å². The molecule has 3 rings (SSSR count). The molecule has 0 aliphatic heterocycles. The number of nitriles is 1. The highest BCUT2D eigenvalue weighted by Gasteiger charge is 2.14.